The molecule has 0 aromatic rings. The van der Waals surface area contributed by atoms with Gasteiger partial charge in [-0.1, -0.05) is 46.4 Å². The predicted molar refractivity (Wildman–Crippen MR) is 35.7 cm³/mol. The molecule has 0 saturated heterocycles. The van der Waals surface area contributed by atoms with Gasteiger partial charge >= 0.3 is 0 Å². The quantitative estimate of drug-likeness (QED) is 0.465. The van der Waals surface area contributed by atoms with Crippen LogP contribution in [-0.4, -0.2) is 10.5 Å². The summed E-state index contributed by atoms with van der Waals surface area (Å²) >= 11 is 20.0. The molecule has 0 aliphatic rings. The smallest absolute Gasteiger partial charge is 0.136 e. The lowest BCUT2D eigenvalue weighted by molar-refractivity contribution is -0.176. The van der Waals surface area contributed by atoms with Crippen LogP contribution in [0.1, 0.15) is 0 Å². The van der Waals surface area contributed by atoms with Gasteiger partial charge in [-0.15, -0.1) is 0 Å². The Balaban J connectivity index is 0. The lowest BCUT2D eigenvalue weighted by atomic mass is 11.2. The average molecular weight is 200 g/mol. The van der Waals surface area contributed by atoms with E-state index in [4.69, 9.17) is 56.9 Å². The molecule has 0 saturated carbocycles. The van der Waals surface area contributed by atoms with Gasteiger partial charge in [0.25, 0.3) is 0 Å². The number of rotatable bonds is 0. The topological polar surface area (TPSA) is 40.5 Å². The van der Waals surface area contributed by atoms with Gasteiger partial charge in [0.1, 0.15) is 8.98 Å². The van der Waals surface area contributed by atoms with E-state index in [2.05, 4.69) is 0 Å². The van der Waals surface area contributed by atoms with E-state index in [0.29, 0.717) is 0 Å². The van der Waals surface area contributed by atoms with Gasteiger partial charge in [0.05, 0.1) is 0 Å². The third kappa shape index (κ3) is 9.94. The molecule has 0 aromatic heterocycles. The van der Waals surface area contributed by atoms with Crippen LogP contribution < -0.4 is 0 Å². The predicted octanol–water partition coefficient (Wildman–Crippen LogP) is 3.09. The van der Waals surface area contributed by atoms with Crippen molar-refractivity contribution in [3.63, 3.8) is 0 Å². The highest BCUT2D eigenvalue weighted by Crippen LogP contribution is 2.20. The molecular formula is C2H2Cl4O2. The Kier molecular flexibility index (Phi) is 11.3. The second-order valence-corrected chi connectivity index (χ2v) is 2.42. The maximum Gasteiger partial charge on any atom is 0.136 e. The summed E-state index contributed by atoms with van der Waals surface area (Å²) in [6, 6.07) is 0. The van der Waals surface area contributed by atoms with Crippen molar-refractivity contribution >= 4 is 46.4 Å². The van der Waals surface area contributed by atoms with E-state index in [1.54, 1.807) is 0 Å². The summed E-state index contributed by atoms with van der Waals surface area (Å²) in [7, 11) is 0. The number of halogens is 4. The molecule has 0 fully saturated rings. The van der Waals surface area contributed by atoms with Gasteiger partial charge in [-0.25, -0.2) is 0 Å². The summed E-state index contributed by atoms with van der Waals surface area (Å²) in [5.41, 5.74) is 0. The van der Waals surface area contributed by atoms with E-state index in [9.17, 15) is 0 Å². The monoisotopic (exact) mass is 198 g/mol. The van der Waals surface area contributed by atoms with Gasteiger partial charge in [-0.05, 0) is 0 Å². The molecule has 0 rings (SSSR count). The molecule has 8 heavy (non-hydrogen) atoms. The average Bonchev–Trinajstić information content (AvgIpc) is 1.72. The van der Waals surface area contributed by atoms with Gasteiger partial charge in [-0.2, -0.15) is 0 Å². The van der Waals surface area contributed by atoms with E-state index in [1.807, 2.05) is 0 Å². The van der Waals surface area contributed by atoms with Crippen molar-refractivity contribution in [2.24, 2.45) is 0 Å². The minimum absolute atomic E-state index is 0.0988. The van der Waals surface area contributed by atoms with Crippen molar-refractivity contribution in [1.29, 1.82) is 0 Å². The van der Waals surface area contributed by atoms with E-state index >= 15 is 0 Å². The maximum atomic E-state index is 6.00. The molecule has 0 aromatic carbocycles. The van der Waals surface area contributed by atoms with Crippen LogP contribution in [0.2, 0.25) is 0 Å². The zero-order valence-electron chi connectivity index (χ0n) is 3.41. The van der Waals surface area contributed by atoms with Crippen LogP contribution in [-0.2, 0) is 0 Å². The van der Waals surface area contributed by atoms with Crippen molar-refractivity contribution in [2.75, 3.05) is 0 Å². The van der Waals surface area contributed by atoms with Gasteiger partial charge in [-0.3, -0.25) is 10.5 Å². The summed E-state index contributed by atoms with van der Waals surface area (Å²) < 4.78 is -0.198. The van der Waals surface area contributed by atoms with Gasteiger partial charge in [0, 0.05) is 0 Å². The van der Waals surface area contributed by atoms with Crippen LogP contribution in [0.5, 0.6) is 0 Å². The fourth-order valence-electron chi connectivity index (χ4n) is 0. The van der Waals surface area contributed by atoms with Crippen molar-refractivity contribution in [1.82, 2.24) is 0 Å². The summed E-state index contributed by atoms with van der Waals surface area (Å²) in [4.78, 5) is 0. The molecule has 0 aliphatic heterocycles. The van der Waals surface area contributed by atoms with Crippen molar-refractivity contribution in [3.8, 4) is 0 Å². The first-order valence-electron chi connectivity index (χ1n) is 1.21. The minimum atomic E-state index is -0.0988. The van der Waals surface area contributed by atoms with Gasteiger partial charge < -0.3 is 0 Å². The first-order valence-corrected chi connectivity index (χ1v) is 2.72. The van der Waals surface area contributed by atoms with Crippen molar-refractivity contribution in [3.05, 3.63) is 8.98 Å². The van der Waals surface area contributed by atoms with E-state index in [-0.39, 0.29) is 8.98 Å². The van der Waals surface area contributed by atoms with Crippen LogP contribution in [0, 0.1) is 0 Å². The Morgan fingerprint density at radius 3 is 0.875 bits per heavy atom. The standard InChI is InChI=1S/C2Cl4.H2O2/c3-1(4)2(5)6;1-2/h;1-2H. The number of hydrogen-bond acceptors (Lipinski definition) is 2. The normalized spacial score (nSPS) is 6.75. The number of hydrogen-bond donors (Lipinski definition) is 2. The third-order valence-corrected chi connectivity index (χ3v) is 1.29. The second-order valence-electron chi connectivity index (χ2n) is 0.521. The molecule has 0 atom stereocenters. The summed E-state index contributed by atoms with van der Waals surface area (Å²) in [5, 5.41) is 12.0. The van der Waals surface area contributed by atoms with E-state index in [1.165, 1.54) is 0 Å². The lowest BCUT2D eigenvalue weighted by Gasteiger charge is -1.75. The van der Waals surface area contributed by atoms with Crippen LogP contribution >= 0.6 is 46.4 Å². The fourth-order valence-corrected chi connectivity index (χ4v) is 0. The van der Waals surface area contributed by atoms with Crippen LogP contribution in [0.4, 0.5) is 0 Å². The first-order chi connectivity index (χ1) is 3.64. The molecule has 0 amide bonds. The molecule has 0 radical (unpaired) electrons. The third-order valence-electron chi connectivity index (χ3n) is 0.143. The molecule has 0 heterocycles. The molecule has 0 bridgehead atoms. The van der Waals surface area contributed by atoms with Crippen LogP contribution in [0.25, 0.3) is 0 Å². The van der Waals surface area contributed by atoms with Crippen LogP contribution in [0.3, 0.4) is 0 Å². The lowest BCUT2D eigenvalue weighted by Crippen LogP contribution is -1.47. The molecule has 2 N–H and O–H groups in total. The zero-order valence-corrected chi connectivity index (χ0v) is 6.43. The van der Waals surface area contributed by atoms with E-state index in [0.717, 1.165) is 0 Å². The Morgan fingerprint density at radius 2 is 0.875 bits per heavy atom. The molecule has 0 unspecified atom stereocenters. The highest BCUT2D eigenvalue weighted by atomic mass is 35.5. The van der Waals surface area contributed by atoms with Crippen LogP contribution in [0.15, 0.2) is 8.98 Å². The molecule has 2 nitrogen and oxygen atoms in total. The molecule has 0 aliphatic carbocycles. The SMILES string of the molecule is ClC(Cl)=C(Cl)Cl.OO. The molecule has 0 spiro atoms. The molecule has 50 valence electrons. The van der Waals surface area contributed by atoms with Crippen molar-refractivity contribution < 1.29 is 10.5 Å². The van der Waals surface area contributed by atoms with Crippen molar-refractivity contribution in [2.45, 2.75) is 0 Å². The Morgan fingerprint density at radius 1 is 0.750 bits per heavy atom. The van der Waals surface area contributed by atoms with Gasteiger partial charge in [0.15, 0.2) is 0 Å². The summed E-state index contributed by atoms with van der Waals surface area (Å²) in [6.45, 7) is 0. The molecule has 6 heteroatoms. The largest absolute Gasteiger partial charge is 0.255 e. The fraction of sp³-hybridized carbons (Fsp3) is 0. The summed E-state index contributed by atoms with van der Waals surface area (Å²) in [6.07, 6.45) is 0. The Labute approximate surface area is 66.2 Å². The highest BCUT2D eigenvalue weighted by Gasteiger charge is 1.88. The van der Waals surface area contributed by atoms with Gasteiger partial charge in [0.2, 0.25) is 0 Å². The Hall–Kier alpha value is 0.820. The minimum Gasteiger partial charge on any atom is -0.255 e. The second kappa shape index (κ2) is 7.82. The maximum absolute atomic E-state index is 6.00. The Bertz CT molecular complexity index is 62.1. The first kappa shape index (κ1) is 11.6. The molecular weight excluding hydrogens is 198 g/mol. The highest BCUT2D eigenvalue weighted by molar-refractivity contribution is 6.67. The van der Waals surface area contributed by atoms with E-state index < -0.39 is 0 Å². The summed E-state index contributed by atoms with van der Waals surface area (Å²) in [5.74, 6) is 0. The zero-order chi connectivity index (χ0) is 7.15.